The molecule has 2 aliphatic carbocycles. The molecular weight excluding hydrogens is 544 g/mol. The summed E-state index contributed by atoms with van der Waals surface area (Å²) < 4.78 is 7.91. The van der Waals surface area contributed by atoms with Crippen LogP contribution in [0.1, 0.15) is 85.7 Å². The number of benzene rings is 2. The van der Waals surface area contributed by atoms with Gasteiger partial charge in [-0.05, 0) is 80.5 Å². The summed E-state index contributed by atoms with van der Waals surface area (Å²) >= 11 is 0. The number of carbonyl (C=O) groups excluding carboxylic acids is 3. The first-order valence-corrected chi connectivity index (χ1v) is 15.6. The fourth-order valence-corrected chi connectivity index (χ4v) is 7.82. The largest absolute Gasteiger partial charge is 0.497 e. The molecule has 3 aromatic rings. The van der Waals surface area contributed by atoms with Crippen molar-refractivity contribution in [3.63, 3.8) is 0 Å². The van der Waals surface area contributed by atoms with Crippen molar-refractivity contribution in [2.24, 2.45) is 5.41 Å². The summed E-state index contributed by atoms with van der Waals surface area (Å²) in [7, 11) is 3.39. The monoisotopic (exact) mass is 586 g/mol. The molecule has 0 saturated heterocycles. The summed E-state index contributed by atoms with van der Waals surface area (Å²) in [6.07, 6.45) is 6.45. The molecule has 1 aromatic heterocycles. The Hall–Kier alpha value is -3.85. The van der Waals surface area contributed by atoms with Crippen LogP contribution in [0, 0.1) is 5.41 Å². The van der Waals surface area contributed by atoms with Crippen LogP contribution in [0.4, 0.5) is 0 Å². The van der Waals surface area contributed by atoms with Crippen molar-refractivity contribution in [1.29, 1.82) is 0 Å². The van der Waals surface area contributed by atoms with Crippen LogP contribution in [0.25, 0.3) is 22.2 Å². The molecule has 2 fully saturated rings. The maximum Gasteiger partial charge on any atom is 0.274 e. The quantitative estimate of drug-likeness (QED) is 0.276. The van der Waals surface area contributed by atoms with E-state index in [9.17, 15) is 19.6 Å². The number of hydrogen-bond acceptors (Lipinski definition) is 5. The minimum absolute atomic E-state index is 0.0193. The van der Waals surface area contributed by atoms with Crippen LogP contribution in [0.15, 0.2) is 36.4 Å². The second kappa shape index (κ2) is 11.3. The number of fused-ring (bicyclic) bond motifs is 7. The normalized spacial score (nSPS) is 20.8. The molecule has 1 aliphatic heterocycles. The number of amides is 3. The van der Waals surface area contributed by atoms with E-state index in [1.54, 1.807) is 35.5 Å². The molecule has 3 amide bonds. The fourth-order valence-electron chi connectivity index (χ4n) is 7.82. The molecule has 0 radical (unpaired) electrons. The maximum absolute atomic E-state index is 14.4. The molecule has 2 aromatic carbocycles. The second-order valence-corrected chi connectivity index (χ2v) is 12.4. The number of carbonyl (C=O) groups is 3. The first-order valence-electron chi connectivity index (χ1n) is 15.6. The summed E-state index contributed by atoms with van der Waals surface area (Å²) in [5.74, 6) is 0.439. The van der Waals surface area contributed by atoms with Crippen LogP contribution in [0.2, 0.25) is 0 Å². The van der Waals surface area contributed by atoms with Crippen molar-refractivity contribution < 1.29 is 24.3 Å². The Kier molecular flexibility index (Phi) is 7.71. The predicted octanol–water partition coefficient (Wildman–Crippen LogP) is 5.30. The van der Waals surface area contributed by atoms with Gasteiger partial charge in [0.25, 0.3) is 5.91 Å². The SMILES string of the molecule is CCN(CC)C(=O)CN(C)C(=O)C12CC1c1cc(OC)ccc1-c1c(C3CCCCC3)c3ccc(C(=O)NO)cc3n1C2. The van der Waals surface area contributed by atoms with Gasteiger partial charge < -0.3 is 19.1 Å². The van der Waals surface area contributed by atoms with Crippen LogP contribution in [-0.4, -0.2) is 71.1 Å². The van der Waals surface area contributed by atoms with Crippen LogP contribution in [0.3, 0.4) is 0 Å². The molecule has 2 saturated carbocycles. The van der Waals surface area contributed by atoms with Crippen molar-refractivity contribution in [3.05, 3.63) is 53.1 Å². The highest BCUT2D eigenvalue weighted by atomic mass is 16.5. The van der Waals surface area contributed by atoms with Crippen LogP contribution >= 0.6 is 0 Å². The molecule has 9 nitrogen and oxygen atoms in total. The molecule has 0 spiro atoms. The minimum atomic E-state index is -0.727. The summed E-state index contributed by atoms with van der Waals surface area (Å²) in [6.45, 7) is 5.58. The van der Waals surface area contributed by atoms with Crippen LogP contribution in [-0.2, 0) is 16.1 Å². The topological polar surface area (TPSA) is 104 Å². The van der Waals surface area contributed by atoms with Crippen molar-refractivity contribution in [2.75, 3.05) is 33.8 Å². The summed E-state index contributed by atoms with van der Waals surface area (Å²) in [4.78, 5) is 43.3. The number of ether oxygens (including phenoxy) is 1. The van der Waals surface area contributed by atoms with E-state index in [0.717, 1.165) is 46.3 Å². The van der Waals surface area contributed by atoms with Crippen molar-refractivity contribution in [1.82, 2.24) is 19.8 Å². The first kappa shape index (κ1) is 29.2. The van der Waals surface area contributed by atoms with Gasteiger partial charge in [0.2, 0.25) is 11.8 Å². The van der Waals surface area contributed by atoms with Crippen molar-refractivity contribution in [2.45, 2.75) is 70.8 Å². The molecule has 2 heterocycles. The van der Waals surface area contributed by atoms with Gasteiger partial charge in [-0.3, -0.25) is 19.6 Å². The highest BCUT2D eigenvalue weighted by Crippen LogP contribution is 2.66. The Morgan fingerprint density at radius 3 is 2.49 bits per heavy atom. The van der Waals surface area contributed by atoms with E-state index < -0.39 is 11.3 Å². The molecule has 9 heteroatoms. The first-order chi connectivity index (χ1) is 20.8. The Labute approximate surface area is 252 Å². The molecule has 2 N–H and O–H groups in total. The molecular formula is C34H42N4O5. The third kappa shape index (κ3) is 4.78. The van der Waals surface area contributed by atoms with E-state index in [1.807, 2.05) is 32.0 Å². The number of nitrogens with one attached hydrogen (secondary N) is 1. The second-order valence-electron chi connectivity index (χ2n) is 12.4. The number of hydrogen-bond donors (Lipinski definition) is 2. The van der Waals surface area contributed by atoms with E-state index >= 15 is 0 Å². The average Bonchev–Trinajstić information content (AvgIpc) is 3.70. The number of rotatable bonds is 8. The van der Waals surface area contributed by atoms with E-state index in [1.165, 1.54) is 24.8 Å². The van der Waals surface area contributed by atoms with Gasteiger partial charge in [0.05, 0.1) is 24.8 Å². The Balaban J connectivity index is 1.54. The lowest BCUT2D eigenvalue weighted by molar-refractivity contribution is -0.142. The smallest absolute Gasteiger partial charge is 0.274 e. The van der Waals surface area contributed by atoms with Gasteiger partial charge in [0.15, 0.2) is 0 Å². The van der Waals surface area contributed by atoms with E-state index in [4.69, 9.17) is 4.74 Å². The Morgan fingerprint density at radius 1 is 1.07 bits per heavy atom. The van der Waals surface area contributed by atoms with Gasteiger partial charge in [-0.2, -0.15) is 0 Å². The van der Waals surface area contributed by atoms with Gasteiger partial charge in [-0.1, -0.05) is 25.3 Å². The van der Waals surface area contributed by atoms with Gasteiger partial charge in [0, 0.05) is 54.6 Å². The number of nitrogens with zero attached hydrogens (tertiary/aromatic N) is 3. The summed E-state index contributed by atoms with van der Waals surface area (Å²) in [6, 6.07) is 11.8. The zero-order chi connectivity index (χ0) is 30.5. The molecule has 2 unspecified atom stereocenters. The lowest BCUT2D eigenvalue weighted by Crippen LogP contribution is -2.44. The number of hydroxylamine groups is 1. The molecule has 228 valence electrons. The number of aromatic nitrogens is 1. The predicted molar refractivity (Wildman–Crippen MR) is 164 cm³/mol. The number of methoxy groups -OCH3 is 1. The molecule has 43 heavy (non-hydrogen) atoms. The van der Waals surface area contributed by atoms with E-state index in [-0.39, 0.29) is 24.3 Å². The summed E-state index contributed by atoms with van der Waals surface area (Å²) in [5.41, 5.74) is 6.89. The van der Waals surface area contributed by atoms with Gasteiger partial charge in [-0.25, -0.2) is 5.48 Å². The lowest BCUT2D eigenvalue weighted by atomic mass is 9.81. The molecule has 6 rings (SSSR count). The third-order valence-electron chi connectivity index (χ3n) is 10.1. The van der Waals surface area contributed by atoms with Crippen molar-refractivity contribution in [3.8, 4) is 17.0 Å². The van der Waals surface area contributed by atoms with Gasteiger partial charge >= 0.3 is 0 Å². The average molecular weight is 587 g/mol. The molecule has 0 bridgehead atoms. The summed E-state index contributed by atoms with van der Waals surface area (Å²) in [5, 5.41) is 10.5. The zero-order valence-electron chi connectivity index (χ0n) is 25.6. The van der Waals surface area contributed by atoms with Gasteiger partial charge in [0.1, 0.15) is 5.75 Å². The van der Waals surface area contributed by atoms with E-state index in [0.29, 0.717) is 37.5 Å². The standard InChI is InChI=1S/C34H42N4O5/c1-5-37(6-2)29(39)19-36(3)33(41)34-18-27(34)26-17-23(43-4)13-15-24(26)31-30(21-10-8-7-9-11-21)25-14-12-22(32(40)35-42)16-28(25)38(31)20-34/h12-17,21,27,42H,5-11,18-20H2,1-4H3,(H,35,40). The van der Waals surface area contributed by atoms with Crippen LogP contribution in [0.5, 0.6) is 5.75 Å². The van der Waals surface area contributed by atoms with Gasteiger partial charge in [-0.15, -0.1) is 0 Å². The highest BCUT2D eigenvalue weighted by molar-refractivity contribution is 6.01. The lowest BCUT2D eigenvalue weighted by Gasteiger charge is -2.27. The van der Waals surface area contributed by atoms with E-state index in [2.05, 4.69) is 16.7 Å². The minimum Gasteiger partial charge on any atom is -0.497 e. The zero-order valence-corrected chi connectivity index (χ0v) is 25.6. The maximum atomic E-state index is 14.4. The third-order valence-corrected chi connectivity index (χ3v) is 10.1. The number of likely N-dealkylation sites (N-methyl/N-ethyl adjacent to an activating group) is 2. The molecule has 3 aliphatic rings. The van der Waals surface area contributed by atoms with Crippen molar-refractivity contribution >= 4 is 28.6 Å². The highest BCUT2D eigenvalue weighted by Gasteiger charge is 2.63. The fraction of sp³-hybridized carbons (Fsp3) is 0.500. The van der Waals surface area contributed by atoms with Crippen LogP contribution < -0.4 is 10.2 Å². The molecule has 2 atom stereocenters. The Morgan fingerprint density at radius 2 is 1.81 bits per heavy atom. The Bertz CT molecular complexity index is 1590.